The van der Waals surface area contributed by atoms with E-state index in [0.29, 0.717) is 6.04 Å². The molecule has 0 radical (unpaired) electrons. The van der Waals surface area contributed by atoms with Crippen molar-refractivity contribution in [3.8, 4) is 0 Å². The highest BCUT2D eigenvalue weighted by molar-refractivity contribution is 6.30. The summed E-state index contributed by atoms with van der Waals surface area (Å²) in [7, 11) is 2.07. The molecular formula is C17H28ClN. The summed E-state index contributed by atoms with van der Waals surface area (Å²) >= 11 is 6.05. The van der Waals surface area contributed by atoms with Gasteiger partial charge in [-0.15, -0.1) is 0 Å². The molecule has 0 fully saturated rings. The van der Waals surface area contributed by atoms with Crippen LogP contribution in [0.1, 0.15) is 51.5 Å². The van der Waals surface area contributed by atoms with E-state index in [0.717, 1.165) is 17.4 Å². The van der Waals surface area contributed by atoms with Crippen LogP contribution in [0.3, 0.4) is 0 Å². The van der Waals surface area contributed by atoms with Crippen molar-refractivity contribution in [1.29, 1.82) is 0 Å². The molecule has 2 heteroatoms. The van der Waals surface area contributed by atoms with Crippen LogP contribution in [0.2, 0.25) is 5.02 Å². The van der Waals surface area contributed by atoms with Gasteiger partial charge in [-0.2, -0.15) is 0 Å². The zero-order valence-electron chi connectivity index (χ0n) is 12.6. The smallest absolute Gasteiger partial charge is 0.0408 e. The van der Waals surface area contributed by atoms with Gasteiger partial charge in [0.2, 0.25) is 0 Å². The Labute approximate surface area is 123 Å². The summed E-state index contributed by atoms with van der Waals surface area (Å²) in [6.45, 7) is 4.58. The summed E-state index contributed by atoms with van der Waals surface area (Å²) in [6, 6.07) is 8.79. The quantitative estimate of drug-likeness (QED) is 0.666. The SMILES string of the molecule is CCCCC(CC)CC(Cc1cccc(Cl)c1)NC. The minimum Gasteiger partial charge on any atom is -0.317 e. The van der Waals surface area contributed by atoms with E-state index in [4.69, 9.17) is 11.6 Å². The first-order chi connectivity index (χ1) is 9.19. The molecule has 0 aromatic heterocycles. The average Bonchev–Trinajstić information content (AvgIpc) is 2.42. The van der Waals surface area contributed by atoms with Crippen molar-refractivity contribution in [2.24, 2.45) is 5.92 Å². The normalized spacial score (nSPS) is 14.3. The fraction of sp³-hybridized carbons (Fsp3) is 0.647. The van der Waals surface area contributed by atoms with Crippen LogP contribution in [-0.4, -0.2) is 13.1 Å². The van der Waals surface area contributed by atoms with Crippen LogP contribution < -0.4 is 5.32 Å². The summed E-state index contributed by atoms with van der Waals surface area (Å²) in [4.78, 5) is 0. The first-order valence-electron chi connectivity index (χ1n) is 7.61. The Kier molecular flexibility index (Phi) is 8.16. The maximum atomic E-state index is 6.05. The molecule has 0 spiro atoms. The van der Waals surface area contributed by atoms with E-state index in [1.54, 1.807) is 0 Å². The third-order valence-electron chi connectivity index (χ3n) is 3.94. The maximum absolute atomic E-state index is 6.05. The van der Waals surface area contributed by atoms with Crippen molar-refractivity contribution in [1.82, 2.24) is 5.32 Å². The molecule has 19 heavy (non-hydrogen) atoms. The fourth-order valence-corrected chi connectivity index (χ4v) is 2.85. The molecule has 1 rings (SSSR count). The second-order valence-corrected chi connectivity index (χ2v) is 5.91. The summed E-state index contributed by atoms with van der Waals surface area (Å²) in [5, 5.41) is 4.31. The fourth-order valence-electron chi connectivity index (χ4n) is 2.64. The lowest BCUT2D eigenvalue weighted by Gasteiger charge is -2.22. The molecule has 0 saturated heterocycles. The van der Waals surface area contributed by atoms with Crippen LogP contribution in [0.5, 0.6) is 0 Å². The van der Waals surface area contributed by atoms with Gasteiger partial charge in [0.1, 0.15) is 0 Å². The molecule has 1 N–H and O–H groups in total. The second-order valence-electron chi connectivity index (χ2n) is 5.47. The van der Waals surface area contributed by atoms with Crippen LogP contribution in [0.15, 0.2) is 24.3 Å². The van der Waals surface area contributed by atoms with E-state index in [-0.39, 0.29) is 0 Å². The molecule has 0 saturated carbocycles. The van der Waals surface area contributed by atoms with Gasteiger partial charge in [-0.05, 0) is 43.5 Å². The molecule has 0 bridgehead atoms. The van der Waals surface area contributed by atoms with Crippen LogP contribution >= 0.6 is 11.6 Å². The largest absolute Gasteiger partial charge is 0.317 e. The zero-order chi connectivity index (χ0) is 14.1. The maximum Gasteiger partial charge on any atom is 0.0408 e. The lowest BCUT2D eigenvalue weighted by Crippen LogP contribution is -2.30. The molecule has 1 nitrogen and oxygen atoms in total. The number of nitrogens with one attached hydrogen (secondary N) is 1. The minimum absolute atomic E-state index is 0.556. The predicted octanol–water partition coefficient (Wildman–Crippen LogP) is 5.08. The third-order valence-corrected chi connectivity index (χ3v) is 4.18. The first-order valence-corrected chi connectivity index (χ1v) is 7.99. The standard InChI is InChI=1S/C17H28ClN/c1-4-6-8-14(5-2)12-17(19-3)13-15-9-7-10-16(18)11-15/h7,9-11,14,17,19H,4-6,8,12-13H2,1-3H3. The summed E-state index contributed by atoms with van der Waals surface area (Å²) in [5.74, 6) is 0.844. The first kappa shape index (κ1) is 16.5. The Balaban J connectivity index is 2.52. The zero-order valence-corrected chi connectivity index (χ0v) is 13.3. The van der Waals surface area contributed by atoms with Crippen LogP contribution in [0, 0.1) is 5.92 Å². The molecule has 0 amide bonds. The summed E-state index contributed by atoms with van der Waals surface area (Å²) < 4.78 is 0. The second kappa shape index (κ2) is 9.39. The molecule has 0 aliphatic heterocycles. The molecule has 2 unspecified atom stereocenters. The highest BCUT2D eigenvalue weighted by Gasteiger charge is 2.14. The Hall–Kier alpha value is -0.530. The molecule has 1 aromatic carbocycles. The van der Waals surface area contributed by atoms with Gasteiger partial charge in [0.15, 0.2) is 0 Å². The van der Waals surface area contributed by atoms with Crippen LogP contribution in [-0.2, 0) is 6.42 Å². The summed E-state index contributed by atoms with van der Waals surface area (Å²) in [5.41, 5.74) is 1.33. The van der Waals surface area contributed by atoms with Gasteiger partial charge < -0.3 is 5.32 Å². The van der Waals surface area contributed by atoms with Crippen LogP contribution in [0.25, 0.3) is 0 Å². The Bertz CT molecular complexity index is 351. The van der Waals surface area contributed by atoms with Gasteiger partial charge in [0.05, 0.1) is 0 Å². The lowest BCUT2D eigenvalue weighted by atomic mass is 9.89. The molecule has 0 heterocycles. The van der Waals surface area contributed by atoms with E-state index >= 15 is 0 Å². The van der Waals surface area contributed by atoms with E-state index < -0.39 is 0 Å². The number of unbranched alkanes of at least 4 members (excludes halogenated alkanes) is 1. The van der Waals surface area contributed by atoms with Gasteiger partial charge in [-0.3, -0.25) is 0 Å². The van der Waals surface area contributed by atoms with Crippen molar-refractivity contribution in [3.63, 3.8) is 0 Å². The van der Waals surface area contributed by atoms with Gasteiger partial charge in [0, 0.05) is 11.1 Å². The third kappa shape index (κ3) is 6.44. The molecule has 0 aliphatic carbocycles. The highest BCUT2D eigenvalue weighted by Crippen LogP contribution is 2.21. The molecule has 108 valence electrons. The molecule has 1 aromatic rings. The van der Waals surface area contributed by atoms with E-state index in [1.807, 2.05) is 12.1 Å². The van der Waals surface area contributed by atoms with Gasteiger partial charge in [-0.1, -0.05) is 63.3 Å². The molecule has 0 aliphatic rings. The van der Waals surface area contributed by atoms with Crippen LogP contribution in [0.4, 0.5) is 0 Å². The Morgan fingerprint density at radius 1 is 1.26 bits per heavy atom. The van der Waals surface area contributed by atoms with Crippen molar-refractivity contribution in [2.45, 2.75) is 58.4 Å². The van der Waals surface area contributed by atoms with E-state index in [1.165, 1.54) is 37.7 Å². The Morgan fingerprint density at radius 2 is 2.05 bits per heavy atom. The highest BCUT2D eigenvalue weighted by atomic mass is 35.5. The lowest BCUT2D eigenvalue weighted by molar-refractivity contribution is 0.358. The van der Waals surface area contributed by atoms with Crippen molar-refractivity contribution < 1.29 is 0 Å². The van der Waals surface area contributed by atoms with Gasteiger partial charge in [-0.25, -0.2) is 0 Å². The van der Waals surface area contributed by atoms with Gasteiger partial charge >= 0.3 is 0 Å². The molecule has 2 atom stereocenters. The Morgan fingerprint density at radius 3 is 2.63 bits per heavy atom. The average molecular weight is 282 g/mol. The summed E-state index contributed by atoms with van der Waals surface area (Å²) in [6.07, 6.45) is 7.63. The number of hydrogen-bond acceptors (Lipinski definition) is 1. The van der Waals surface area contributed by atoms with E-state index in [9.17, 15) is 0 Å². The molecular weight excluding hydrogens is 254 g/mol. The van der Waals surface area contributed by atoms with Gasteiger partial charge in [0.25, 0.3) is 0 Å². The number of halogens is 1. The minimum atomic E-state index is 0.556. The number of benzene rings is 1. The number of rotatable bonds is 9. The van der Waals surface area contributed by atoms with Crippen molar-refractivity contribution in [2.75, 3.05) is 7.05 Å². The van der Waals surface area contributed by atoms with Crippen molar-refractivity contribution >= 4 is 11.6 Å². The van der Waals surface area contributed by atoms with E-state index in [2.05, 4.69) is 38.3 Å². The topological polar surface area (TPSA) is 12.0 Å². The van der Waals surface area contributed by atoms with Crippen molar-refractivity contribution in [3.05, 3.63) is 34.9 Å². The monoisotopic (exact) mass is 281 g/mol. The number of likely N-dealkylation sites (N-methyl/N-ethyl adjacent to an activating group) is 1. The number of hydrogen-bond donors (Lipinski definition) is 1. The predicted molar refractivity (Wildman–Crippen MR) is 85.9 cm³/mol.